The van der Waals surface area contributed by atoms with Crippen molar-refractivity contribution in [1.29, 1.82) is 0 Å². The van der Waals surface area contributed by atoms with Gasteiger partial charge in [0.25, 0.3) is 0 Å². The number of aromatic nitrogens is 3. The van der Waals surface area contributed by atoms with E-state index in [9.17, 15) is 0 Å². The van der Waals surface area contributed by atoms with Gasteiger partial charge in [-0.05, 0) is 97.0 Å². The summed E-state index contributed by atoms with van der Waals surface area (Å²) in [5, 5.41) is 9.07. The molecule has 11 rings (SSSR count). The van der Waals surface area contributed by atoms with Gasteiger partial charge in [-0.25, -0.2) is 15.0 Å². The molecule has 0 saturated carbocycles. The van der Waals surface area contributed by atoms with E-state index in [2.05, 4.69) is 176 Å². The number of furan rings is 1. The Hall–Kier alpha value is -7.43. The number of benzene rings is 9. The van der Waals surface area contributed by atoms with E-state index in [-0.39, 0.29) is 0 Å². The monoisotopic (exact) mass is 701 g/mol. The summed E-state index contributed by atoms with van der Waals surface area (Å²) >= 11 is 0. The Bertz CT molecular complexity index is 3270. The van der Waals surface area contributed by atoms with Gasteiger partial charge in [-0.1, -0.05) is 146 Å². The van der Waals surface area contributed by atoms with E-state index in [1.807, 2.05) is 12.1 Å². The fourth-order valence-electron chi connectivity index (χ4n) is 7.95. The lowest BCUT2D eigenvalue weighted by molar-refractivity contribution is 0.669. The molecule has 11 aromatic rings. The van der Waals surface area contributed by atoms with Crippen molar-refractivity contribution in [3.05, 3.63) is 188 Å². The molecule has 0 radical (unpaired) electrons. The van der Waals surface area contributed by atoms with E-state index in [0.29, 0.717) is 17.5 Å². The summed E-state index contributed by atoms with van der Waals surface area (Å²) in [5.74, 6) is 1.85. The van der Waals surface area contributed by atoms with Gasteiger partial charge in [0.1, 0.15) is 11.2 Å². The summed E-state index contributed by atoms with van der Waals surface area (Å²) in [6.07, 6.45) is 0. The Labute approximate surface area is 317 Å². The van der Waals surface area contributed by atoms with Crippen LogP contribution in [0.5, 0.6) is 0 Å². The molecule has 4 nitrogen and oxygen atoms in total. The first-order chi connectivity index (χ1) is 27.2. The minimum atomic E-state index is 0.606. The average Bonchev–Trinajstić information content (AvgIpc) is 3.61. The maximum atomic E-state index is 6.34. The molecule has 0 aliphatic heterocycles. The van der Waals surface area contributed by atoms with Crippen molar-refractivity contribution in [1.82, 2.24) is 15.0 Å². The molecule has 55 heavy (non-hydrogen) atoms. The van der Waals surface area contributed by atoms with Crippen molar-refractivity contribution in [2.24, 2.45) is 0 Å². The number of fused-ring (bicyclic) bond motifs is 6. The van der Waals surface area contributed by atoms with Gasteiger partial charge in [0.05, 0.1) is 0 Å². The Morgan fingerprint density at radius 2 is 0.836 bits per heavy atom. The molecule has 0 unspecified atom stereocenters. The van der Waals surface area contributed by atoms with Crippen molar-refractivity contribution in [2.75, 3.05) is 0 Å². The third-order valence-corrected chi connectivity index (χ3v) is 10.7. The van der Waals surface area contributed by atoms with Crippen LogP contribution in [-0.2, 0) is 0 Å². The van der Waals surface area contributed by atoms with Crippen LogP contribution >= 0.6 is 0 Å². The number of rotatable bonds is 5. The van der Waals surface area contributed by atoms with Crippen LogP contribution in [0.3, 0.4) is 0 Å². The molecule has 0 atom stereocenters. The smallest absolute Gasteiger partial charge is 0.164 e. The van der Waals surface area contributed by atoms with Crippen LogP contribution in [0.4, 0.5) is 0 Å². The third kappa shape index (κ3) is 5.43. The van der Waals surface area contributed by atoms with E-state index in [0.717, 1.165) is 65.9 Å². The molecule has 0 fully saturated rings. The van der Waals surface area contributed by atoms with Gasteiger partial charge in [0.2, 0.25) is 0 Å². The van der Waals surface area contributed by atoms with E-state index < -0.39 is 0 Å². The highest BCUT2D eigenvalue weighted by molar-refractivity contribution is 6.11. The van der Waals surface area contributed by atoms with Gasteiger partial charge in [0.15, 0.2) is 17.5 Å². The third-order valence-electron chi connectivity index (χ3n) is 10.7. The zero-order valence-electron chi connectivity index (χ0n) is 29.6. The van der Waals surface area contributed by atoms with Crippen molar-refractivity contribution >= 4 is 54.3 Å². The van der Waals surface area contributed by atoms with Gasteiger partial charge in [-0.3, -0.25) is 0 Å². The summed E-state index contributed by atoms with van der Waals surface area (Å²) in [5.41, 5.74) is 9.14. The van der Waals surface area contributed by atoms with Gasteiger partial charge in [0, 0.05) is 27.5 Å². The molecule has 9 aromatic carbocycles. The van der Waals surface area contributed by atoms with E-state index >= 15 is 0 Å². The van der Waals surface area contributed by atoms with Crippen LogP contribution in [-0.4, -0.2) is 15.0 Å². The van der Waals surface area contributed by atoms with Crippen LogP contribution in [0.1, 0.15) is 0 Å². The topological polar surface area (TPSA) is 51.8 Å². The first-order valence-corrected chi connectivity index (χ1v) is 18.5. The maximum Gasteiger partial charge on any atom is 0.164 e. The van der Waals surface area contributed by atoms with Crippen molar-refractivity contribution in [3.8, 4) is 56.4 Å². The molecule has 0 N–H and O–H groups in total. The van der Waals surface area contributed by atoms with Crippen LogP contribution in [0, 0.1) is 0 Å². The van der Waals surface area contributed by atoms with Crippen molar-refractivity contribution < 1.29 is 4.42 Å². The lowest BCUT2D eigenvalue weighted by atomic mass is 9.95. The molecular weight excluding hydrogens is 671 g/mol. The summed E-state index contributed by atoms with van der Waals surface area (Å²) in [7, 11) is 0. The maximum absolute atomic E-state index is 6.34. The van der Waals surface area contributed by atoms with Crippen molar-refractivity contribution in [2.45, 2.75) is 0 Å². The highest BCUT2D eigenvalue weighted by Gasteiger charge is 2.17. The van der Waals surface area contributed by atoms with Crippen molar-refractivity contribution in [3.63, 3.8) is 0 Å². The molecule has 0 aliphatic rings. The van der Waals surface area contributed by atoms with Crippen LogP contribution in [0.25, 0.3) is 111 Å². The number of nitrogens with zero attached hydrogens (tertiary/aromatic N) is 3. The zero-order valence-corrected chi connectivity index (χ0v) is 29.6. The number of hydrogen-bond acceptors (Lipinski definition) is 4. The average molecular weight is 702 g/mol. The Morgan fingerprint density at radius 3 is 1.69 bits per heavy atom. The van der Waals surface area contributed by atoms with Gasteiger partial charge < -0.3 is 4.42 Å². The minimum Gasteiger partial charge on any atom is -0.456 e. The Morgan fingerprint density at radius 1 is 0.273 bits per heavy atom. The van der Waals surface area contributed by atoms with Gasteiger partial charge in [-0.15, -0.1) is 0 Å². The predicted octanol–water partition coefficient (Wildman–Crippen LogP) is 13.6. The SMILES string of the molecule is c1ccc(-c2cccc3cc(-c4cccc(-c5nc(-c6ccc7oc8cc9ccccc9cc8c7c6)nc(-c6cccc7ccccc67)n5)c4)ccc23)cc1. The van der Waals surface area contributed by atoms with E-state index in [1.165, 1.54) is 27.3 Å². The first-order valence-electron chi connectivity index (χ1n) is 18.5. The molecule has 0 spiro atoms. The second-order valence-electron chi connectivity index (χ2n) is 14.0. The van der Waals surface area contributed by atoms with E-state index in [4.69, 9.17) is 19.4 Å². The van der Waals surface area contributed by atoms with Crippen LogP contribution in [0.2, 0.25) is 0 Å². The van der Waals surface area contributed by atoms with Gasteiger partial charge >= 0.3 is 0 Å². The molecule has 0 saturated heterocycles. The Balaban J connectivity index is 1.07. The zero-order chi connectivity index (χ0) is 36.3. The molecule has 2 heterocycles. The minimum absolute atomic E-state index is 0.606. The number of hydrogen-bond donors (Lipinski definition) is 0. The second kappa shape index (κ2) is 12.6. The van der Waals surface area contributed by atoms with Gasteiger partial charge in [-0.2, -0.15) is 0 Å². The van der Waals surface area contributed by atoms with E-state index in [1.54, 1.807) is 0 Å². The second-order valence-corrected chi connectivity index (χ2v) is 14.0. The lowest BCUT2D eigenvalue weighted by Crippen LogP contribution is -2.00. The fraction of sp³-hybridized carbons (Fsp3) is 0. The first kappa shape index (κ1) is 31.1. The predicted molar refractivity (Wildman–Crippen MR) is 227 cm³/mol. The molecular formula is C51H31N3O. The molecule has 256 valence electrons. The quantitative estimate of drug-likeness (QED) is 0.179. The Kier molecular flexibility index (Phi) is 7.14. The molecule has 0 aliphatic carbocycles. The summed E-state index contributed by atoms with van der Waals surface area (Å²) in [4.78, 5) is 15.5. The lowest BCUT2D eigenvalue weighted by Gasteiger charge is -2.12. The largest absolute Gasteiger partial charge is 0.456 e. The molecule has 0 bridgehead atoms. The molecule has 4 heteroatoms. The standard InChI is InChI=1S/C51H31N3O/c1-2-11-32(12-3-1)41-21-10-18-38-27-37(23-25-43(38)41)34-17-8-19-39(28-34)49-52-50(54-51(53-49)44-22-9-16-33-13-6-7-20-42(33)44)40-24-26-47-45(30-40)46-29-35-14-4-5-15-36(35)31-48(46)55-47/h1-31H. The highest BCUT2D eigenvalue weighted by atomic mass is 16.3. The fourth-order valence-corrected chi connectivity index (χ4v) is 7.95. The summed E-state index contributed by atoms with van der Waals surface area (Å²) < 4.78 is 6.34. The molecule has 0 amide bonds. The molecule has 2 aromatic heterocycles. The van der Waals surface area contributed by atoms with Crippen LogP contribution in [0.15, 0.2) is 192 Å². The normalized spacial score (nSPS) is 11.6. The highest BCUT2D eigenvalue weighted by Crippen LogP contribution is 2.37. The van der Waals surface area contributed by atoms with Crippen LogP contribution < -0.4 is 0 Å². The summed E-state index contributed by atoms with van der Waals surface area (Å²) in [6.45, 7) is 0. The summed E-state index contributed by atoms with van der Waals surface area (Å²) in [6, 6.07) is 65.9.